The van der Waals surface area contributed by atoms with Crippen molar-refractivity contribution in [3.63, 3.8) is 0 Å². The first-order chi connectivity index (χ1) is 5.25. The summed E-state index contributed by atoms with van der Waals surface area (Å²) in [6, 6.07) is -0.325. The SMILES string of the molecule is CCN1CCNC[C@@H]1C(=O)O. The lowest BCUT2D eigenvalue weighted by Crippen LogP contribution is -2.54. The van der Waals surface area contributed by atoms with Gasteiger partial charge in [-0.3, -0.25) is 9.69 Å². The van der Waals surface area contributed by atoms with E-state index in [-0.39, 0.29) is 6.04 Å². The third-order valence-corrected chi connectivity index (χ3v) is 2.05. The van der Waals surface area contributed by atoms with Gasteiger partial charge in [0.25, 0.3) is 0 Å². The van der Waals surface area contributed by atoms with Crippen molar-refractivity contribution in [1.82, 2.24) is 10.2 Å². The fourth-order valence-electron chi connectivity index (χ4n) is 1.37. The first kappa shape index (κ1) is 8.49. The van der Waals surface area contributed by atoms with Crippen LogP contribution in [0.2, 0.25) is 0 Å². The predicted molar refractivity (Wildman–Crippen MR) is 41.5 cm³/mol. The normalized spacial score (nSPS) is 26.8. The highest BCUT2D eigenvalue weighted by Gasteiger charge is 2.26. The first-order valence-electron chi connectivity index (χ1n) is 3.93. The molecule has 1 aliphatic heterocycles. The predicted octanol–water partition coefficient (Wildman–Crippen LogP) is -0.635. The van der Waals surface area contributed by atoms with Crippen LogP contribution in [0.5, 0.6) is 0 Å². The molecule has 4 nitrogen and oxygen atoms in total. The molecule has 1 rings (SSSR count). The second-order valence-electron chi connectivity index (χ2n) is 2.69. The maximum Gasteiger partial charge on any atom is 0.322 e. The molecule has 64 valence electrons. The highest BCUT2D eigenvalue weighted by Crippen LogP contribution is 2.01. The van der Waals surface area contributed by atoms with Crippen LogP contribution in [0.15, 0.2) is 0 Å². The third-order valence-electron chi connectivity index (χ3n) is 2.05. The van der Waals surface area contributed by atoms with Crippen LogP contribution in [0, 0.1) is 0 Å². The third kappa shape index (κ3) is 1.91. The zero-order valence-electron chi connectivity index (χ0n) is 6.71. The average molecular weight is 158 g/mol. The van der Waals surface area contributed by atoms with Gasteiger partial charge in [-0.1, -0.05) is 6.92 Å². The zero-order chi connectivity index (χ0) is 8.27. The van der Waals surface area contributed by atoms with Gasteiger partial charge in [0.05, 0.1) is 0 Å². The van der Waals surface area contributed by atoms with Crippen LogP contribution in [-0.2, 0) is 4.79 Å². The molecule has 11 heavy (non-hydrogen) atoms. The van der Waals surface area contributed by atoms with Crippen molar-refractivity contribution in [2.45, 2.75) is 13.0 Å². The average Bonchev–Trinajstić information content (AvgIpc) is 2.04. The van der Waals surface area contributed by atoms with E-state index in [1.165, 1.54) is 0 Å². The summed E-state index contributed by atoms with van der Waals surface area (Å²) in [6.45, 7) is 5.12. The van der Waals surface area contributed by atoms with E-state index in [2.05, 4.69) is 5.32 Å². The Kier molecular flexibility index (Phi) is 2.84. The summed E-state index contributed by atoms with van der Waals surface area (Å²) in [5.74, 6) is -0.723. The Morgan fingerprint density at radius 1 is 1.82 bits per heavy atom. The topological polar surface area (TPSA) is 52.6 Å². The van der Waals surface area contributed by atoms with Gasteiger partial charge >= 0.3 is 5.97 Å². The number of nitrogens with one attached hydrogen (secondary N) is 1. The minimum atomic E-state index is -0.723. The minimum absolute atomic E-state index is 0.325. The Hall–Kier alpha value is -0.610. The number of likely N-dealkylation sites (N-methyl/N-ethyl adjacent to an activating group) is 1. The van der Waals surface area contributed by atoms with Gasteiger partial charge in [0.1, 0.15) is 6.04 Å². The second-order valence-corrected chi connectivity index (χ2v) is 2.69. The number of hydrogen-bond acceptors (Lipinski definition) is 3. The number of piperazine rings is 1. The number of carbonyl (C=O) groups is 1. The monoisotopic (exact) mass is 158 g/mol. The molecule has 1 aliphatic rings. The molecule has 2 N–H and O–H groups in total. The van der Waals surface area contributed by atoms with Crippen LogP contribution in [0.4, 0.5) is 0 Å². The Morgan fingerprint density at radius 3 is 3.00 bits per heavy atom. The van der Waals surface area contributed by atoms with Crippen LogP contribution in [0.25, 0.3) is 0 Å². The molecule has 1 fully saturated rings. The molecule has 1 saturated heterocycles. The number of carboxylic acid groups (broad SMARTS) is 1. The van der Waals surface area contributed by atoms with E-state index in [1.54, 1.807) is 0 Å². The maximum atomic E-state index is 10.6. The van der Waals surface area contributed by atoms with Gasteiger partial charge in [0.2, 0.25) is 0 Å². The molecular weight excluding hydrogens is 144 g/mol. The molecule has 1 atom stereocenters. The van der Waals surface area contributed by atoms with Crippen LogP contribution in [0.3, 0.4) is 0 Å². The molecule has 1 heterocycles. The maximum absolute atomic E-state index is 10.6. The van der Waals surface area contributed by atoms with E-state index < -0.39 is 5.97 Å². The molecule has 0 aromatic carbocycles. The fraction of sp³-hybridized carbons (Fsp3) is 0.857. The van der Waals surface area contributed by atoms with Gasteiger partial charge in [-0.2, -0.15) is 0 Å². The highest BCUT2D eigenvalue weighted by molar-refractivity contribution is 5.73. The van der Waals surface area contributed by atoms with Crippen molar-refractivity contribution in [3.05, 3.63) is 0 Å². The lowest BCUT2D eigenvalue weighted by atomic mass is 10.2. The lowest BCUT2D eigenvalue weighted by molar-refractivity contribution is -0.143. The summed E-state index contributed by atoms with van der Waals surface area (Å²) in [5, 5.41) is 11.8. The van der Waals surface area contributed by atoms with E-state index in [0.29, 0.717) is 6.54 Å². The Balaban J connectivity index is 2.51. The van der Waals surface area contributed by atoms with E-state index in [0.717, 1.165) is 19.6 Å². The number of aliphatic carboxylic acids is 1. The van der Waals surface area contributed by atoms with Crippen molar-refractivity contribution in [2.75, 3.05) is 26.2 Å². The molecule has 0 bridgehead atoms. The summed E-state index contributed by atoms with van der Waals surface area (Å²) in [4.78, 5) is 12.6. The molecule has 0 unspecified atom stereocenters. The van der Waals surface area contributed by atoms with E-state index in [1.807, 2.05) is 11.8 Å². The van der Waals surface area contributed by atoms with Gasteiger partial charge in [-0.25, -0.2) is 0 Å². The van der Waals surface area contributed by atoms with Gasteiger partial charge in [0, 0.05) is 19.6 Å². The molecule has 0 aromatic rings. The molecular formula is C7H14N2O2. The van der Waals surface area contributed by atoms with E-state index in [9.17, 15) is 4.79 Å². The fourth-order valence-corrected chi connectivity index (χ4v) is 1.37. The van der Waals surface area contributed by atoms with Gasteiger partial charge in [-0.15, -0.1) is 0 Å². The van der Waals surface area contributed by atoms with Crippen molar-refractivity contribution in [3.8, 4) is 0 Å². The summed E-state index contributed by atoms with van der Waals surface area (Å²) in [7, 11) is 0. The highest BCUT2D eigenvalue weighted by atomic mass is 16.4. The quantitative estimate of drug-likeness (QED) is 0.561. The molecule has 0 saturated carbocycles. The van der Waals surface area contributed by atoms with Crippen LogP contribution in [0.1, 0.15) is 6.92 Å². The Morgan fingerprint density at radius 2 is 2.55 bits per heavy atom. The number of hydrogen-bond donors (Lipinski definition) is 2. The van der Waals surface area contributed by atoms with Crippen LogP contribution < -0.4 is 5.32 Å². The Labute approximate surface area is 66.2 Å². The first-order valence-corrected chi connectivity index (χ1v) is 3.93. The van der Waals surface area contributed by atoms with Crippen LogP contribution in [-0.4, -0.2) is 48.2 Å². The summed E-state index contributed by atoms with van der Waals surface area (Å²) < 4.78 is 0. The minimum Gasteiger partial charge on any atom is -0.480 e. The second kappa shape index (κ2) is 3.69. The summed E-state index contributed by atoms with van der Waals surface area (Å²) >= 11 is 0. The summed E-state index contributed by atoms with van der Waals surface area (Å²) in [5.41, 5.74) is 0. The smallest absolute Gasteiger partial charge is 0.322 e. The van der Waals surface area contributed by atoms with E-state index in [4.69, 9.17) is 5.11 Å². The van der Waals surface area contributed by atoms with Crippen molar-refractivity contribution in [1.29, 1.82) is 0 Å². The Bertz CT molecular complexity index is 149. The standard InChI is InChI=1S/C7H14N2O2/c1-2-9-4-3-8-5-6(9)7(10)11/h6,8H,2-5H2,1H3,(H,10,11)/t6-/m1/s1. The van der Waals surface area contributed by atoms with E-state index >= 15 is 0 Å². The molecule has 0 amide bonds. The van der Waals surface area contributed by atoms with Gasteiger partial charge in [0.15, 0.2) is 0 Å². The largest absolute Gasteiger partial charge is 0.480 e. The van der Waals surface area contributed by atoms with Crippen molar-refractivity contribution in [2.24, 2.45) is 0 Å². The molecule has 4 heteroatoms. The summed E-state index contributed by atoms with van der Waals surface area (Å²) in [6.07, 6.45) is 0. The molecule has 0 radical (unpaired) electrons. The van der Waals surface area contributed by atoms with Crippen molar-refractivity contribution >= 4 is 5.97 Å². The number of rotatable bonds is 2. The number of carboxylic acids is 1. The molecule has 0 aliphatic carbocycles. The number of nitrogens with zero attached hydrogens (tertiary/aromatic N) is 1. The van der Waals surface area contributed by atoms with Crippen molar-refractivity contribution < 1.29 is 9.90 Å². The molecule has 0 spiro atoms. The van der Waals surface area contributed by atoms with Gasteiger partial charge < -0.3 is 10.4 Å². The zero-order valence-corrected chi connectivity index (χ0v) is 6.71. The van der Waals surface area contributed by atoms with Gasteiger partial charge in [-0.05, 0) is 6.54 Å². The lowest BCUT2D eigenvalue weighted by Gasteiger charge is -2.32. The molecule has 0 aromatic heterocycles. The van der Waals surface area contributed by atoms with Crippen LogP contribution >= 0.6 is 0 Å².